The first kappa shape index (κ1) is 14.1. The second-order valence-electron chi connectivity index (χ2n) is 3.95. The fourth-order valence-electron chi connectivity index (χ4n) is 1.47. The standard InChI is InChI=1S/C14H11Br2NO2/c1-9-2-5-12(11(15)8-9)17-14(18)7-4-10-3-6-13(16)19-10/h2-8H,1H3,(H,17,18). The highest BCUT2D eigenvalue weighted by Gasteiger charge is 2.03. The third-order valence-electron chi connectivity index (χ3n) is 2.38. The number of rotatable bonds is 3. The molecule has 3 nitrogen and oxygen atoms in total. The number of halogens is 2. The molecule has 5 heteroatoms. The monoisotopic (exact) mass is 383 g/mol. The Morgan fingerprint density at radius 3 is 2.68 bits per heavy atom. The van der Waals surface area contributed by atoms with E-state index >= 15 is 0 Å². The van der Waals surface area contributed by atoms with Crippen LogP contribution in [0.2, 0.25) is 0 Å². The number of furan rings is 1. The van der Waals surface area contributed by atoms with E-state index in [1.807, 2.05) is 25.1 Å². The average Bonchev–Trinajstić information content (AvgIpc) is 2.76. The fourth-order valence-corrected chi connectivity index (χ4v) is 2.38. The van der Waals surface area contributed by atoms with Crippen LogP contribution in [0.5, 0.6) is 0 Å². The lowest BCUT2D eigenvalue weighted by molar-refractivity contribution is -0.111. The minimum atomic E-state index is -0.211. The van der Waals surface area contributed by atoms with E-state index in [4.69, 9.17) is 4.42 Å². The van der Waals surface area contributed by atoms with Crippen LogP contribution in [0, 0.1) is 6.92 Å². The molecule has 98 valence electrons. The molecule has 1 amide bonds. The summed E-state index contributed by atoms with van der Waals surface area (Å²) >= 11 is 6.61. The van der Waals surface area contributed by atoms with E-state index in [2.05, 4.69) is 37.2 Å². The van der Waals surface area contributed by atoms with E-state index in [0.29, 0.717) is 10.4 Å². The molecule has 0 radical (unpaired) electrons. The number of nitrogens with one attached hydrogen (secondary N) is 1. The molecular weight excluding hydrogens is 374 g/mol. The van der Waals surface area contributed by atoms with E-state index in [1.54, 1.807) is 18.2 Å². The number of hydrogen-bond donors (Lipinski definition) is 1. The van der Waals surface area contributed by atoms with Crippen molar-refractivity contribution in [1.82, 2.24) is 0 Å². The lowest BCUT2D eigenvalue weighted by Crippen LogP contribution is -2.08. The van der Waals surface area contributed by atoms with Gasteiger partial charge in [-0.1, -0.05) is 6.07 Å². The van der Waals surface area contributed by atoms with Crippen LogP contribution in [-0.2, 0) is 4.79 Å². The molecule has 1 aromatic heterocycles. The molecule has 1 aromatic carbocycles. The van der Waals surface area contributed by atoms with Gasteiger partial charge in [-0.3, -0.25) is 4.79 Å². The van der Waals surface area contributed by atoms with E-state index in [9.17, 15) is 4.79 Å². The second-order valence-corrected chi connectivity index (χ2v) is 5.58. The number of benzene rings is 1. The molecule has 1 N–H and O–H groups in total. The van der Waals surface area contributed by atoms with Gasteiger partial charge in [0.15, 0.2) is 4.67 Å². The fraction of sp³-hybridized carbons (Fsp3) is 0.0714. The summed E-state index contributed by atoms with van der Waals surface area (Å²) in [5.41, 5.74) is 1.86. The highest BCUT2D eigenvalue weighted by molar-refractivity contribution is 9.10. The van der Waals surface area contributed by atoms with Crippen molar-refractivity contribution in [2.75, 3.05) is 5.32 Å². The molecule has 1 heterocycles. The normalized spacial score (nSPS) is 10.9. The molecular formula is C14H11Br2NO2. The van der Waals surface area contributed by atoms with Crippen molar-refractivity contribution < 1.29 is 9.21 Å². The molecule has 19 heavy (non-hydrogen) atoms. The van der Waals surface area contributed by atoms with Crippen LogP contribution in [0.25, 0.3) is 6.08 Å². The summed E-state index contributed by atoms with van der Waals surface area (Å²) in [4.78, 5) is 11.8. The first-order valence-corrected chi connectivity index (χ1v) is 7.14. The van der Waals surface area contributed by atoms with Gasteiger partial charge in [0.25, 0.3) is 0 Å². The Kier molecular flexibility index (Phi) is 4.61. The summed E-state index contributed by atoms with van der Waals surface area (Å²) in [6.07, 6.45) is 3.04. The van der Waals surface area contributed by atoms with Crippen molar-refractivity contribution in [3.8, 4) is 0 Å². The van der Waals surface area contributed by atoms with E-state index in [0.717, 1.165) is 15.7 Å². The first-order chi connectivity index (χ1) is 9.04. The van der Waals surface area contributed by atoms with Crippen molar-refractivity contribution in [1.29, 1.82) is 0 Å². The predicted molar refractivity (Wildman–Crippen MR) is 83.0 cm³/mol. The maximum absolute atomic E-state index is 11.8. The zero-order valence-corrected chi connectivity index (χ0v) is 13.3. The number of carbonyl (C=O) groups is 1. The first-order valence-electron chi connectivity index (χ1n) is 5.55. The molecule has 0 spiro atoms. The van der Waals surface area contributed by atoms with Crippen molar-refractivity contribution in [2.24, 2.45) is 0 Å². The van der Waals surface area contributed by atoms with Crippen molar-refractivity contribution >= 4 is 49.5 Å². The smallest absolute Gasteiger partial charge is 0.248 e. The van der Waals surface area contributed by atoms with Crippen LogP contribution in [0.4, 0.5) is 5.69 Å². The van der Waals surface area contributed by atoms with Crippen molar-refractivity contribution in [3.63, 3.8) is 0 Å². The molecule has 0 fully saturated rings. The van der Waals surface area contributed by atoms with E-state index in [1.165, 1.54) is 6.08 Å². The van der Waals surface area contributed by atoms with Gasteiger partial charge in [0.05, 0.1) is 5.69 Å². The zero-order chi connectivity index (χ0) is 13.8. The van der Waals surface area contributed by atoms with Crippen LogP contribution in [0.3, 0.4) is 0 Å². The molecule has 2 aromatic rings. The molecule has 0 bridgehead atoms. The van der Waals surface area contributed by atoms with Gasteiger partial charge in [-0.15, -0.1) is 0 Å². The predicted octanol–water partition coefficient (Wildman–Crippen LogP) is 4.76. The number of carbonyl (C=O) groups excluding carboxylic acids is 1. The highest BCUT2D eigenvalue weighted by Crippen LogP contribution is 2.23. The largest absolute Gasteiger partial charge is 0.450 e. The Bertz CT molecular complexity index is 632. The van der Waals surface area contributed by atoms with E-state index in [-0.39, 0.29) is 5.91 Å². The molecule has 0 aliphatic rings. The van der Waals surface area contributed by atoms with Gasteiger partial charge in [0, 0.05) is 10.5 Å². The van der Waals surface area contributed by atoms with Gasteiger partial charge < -0.3 is 9.73 Å². The molecule has 0 saturated carbocycles. The highest BCUT2D eigenvalue weighted by atomic mass is 79.9. The van der Waals surface area contributed by atoms with Crippen molar-refractivity contribution in [2.45, 2.75) is 6.92 Å². The van der Waals surface area contributed by atoms with Gasteiger partial charge in [0.1, 0.15) is 5.76 Å². The number of anilines is 1. The second kappa shape index (κ2) is 6.21. The molecule has 0 unspecified atom stereocenters. The lowest BCUT2D eigenvalue weighted by Gasteiger charge is -2.05. The van der Waals surface area contributed by atoms with Gasteiger partial charge in [0.2, 0.25) is 5.91 Å². The summed E-state index contributed by atoms with van der Waals surface area (Å²) in [6.45, 7) is 1.99. The van der Waals surface area contributed by atoms with Crippen molar-refractivity contribution in [3.05, 3.63) is 56.9 Å². The minimum Gasteiger partial charge on any atom is -0.450 e. The van der Waals surface area contributed by atoms with Gasteiger partial charge >= 0.3 is 0 Å². The Hall–Kier alpha value is -1.33. The lowest BCUT2D eigenvalue weighted by atomic mass is 10.2. The Balaban J connectivity index is 2.03. The molecule has 2 rings (SSSR count). The molecule has 0 saturated heterocycles. The summed E-state index contributed by atoms with van der Waals surface area (Å²) < 4.78 is 6.75. The number of aryl methyl sites for hydroxylation is 1. The van der Waals surface area contributed by atoms with Gasteiger partial charge in [-0.05, 0) is 74.7 Å². The van der Waals surface area contributed by atoms with Crippen LogP contribution < -0.4 is 5.32 Å². The number of hydrogen-bond acceptors (Lipinski definition) is 2. The summed E-state index contributed by atoms with van der Waals surface area (Å²) in [5.74, 6) is 0.405. The summed E-state index contributed by atoms with van der Waals surface area (Å²) in [6, 6.07) is 9.29. The zero-order valence-electron chi connectivity index (χ0n) is 10.1. The quantitative estimate of drug-likeness (QED) is 0.774. The number of amides is 1. The molecule has 0 aliphatic heterocycles. The Morgan fingerprint density at radius 2 is 2.05 bits per heavy atom. The van der Waals surface area contributed by atoms with Crippen LogP contribution in [-0.4, -0.2) is 5.91 Å². The molecule has 0 atom stereocenters. The summed E-state index contributed by atoms with van der Waals surface area (Å²) in [5, 5.41) is 2.79. The average molecular weight is 385 g/mol. The molecule has 0 aliphatic carbocycles. The van der Waals surface area contributed by atoms with E-state index < -0.39 is 0 Å². The summed E-state index contributed by atoms with van der Waals surface area (Å²) in [7, 11) is 0. The van der Waals surface area contributed by atoms with Gasteiger partial charge in [-0.25, -0.2) is 0 Å². The maximum Gasteiger partial charge on any atom is 0.248 e. The topological polar surface area (TPSA) is 42.2 Å². The maximum atomic E-state index is 11.8. The van der Waals surface area contributed by atoms with Crippen LogP contribution in [0.1, 0.15) is 11.3 Å². The minimum absolute atomic E-state index is 0.211. The van der Waals surface area contributed by atoms with Crippen LogP contribution >= 0.6 is 31.9 Å². The van der Waals surface area contributed by atoms with Crippen LogP contribution in [0.15, 0.2) is 50.0 Å². The third-order valence-corrected chi connectivity index (χ3v) is 3.46. The third kappa shape index (κ3) is 4.08. The SMILES string of the molecule is Cc1ccc(NC(=O)C=Cc2ccc(Br)o2)c(Br)c1. The Morgan fingerprint density at radius 1 is 1.26 bits per heavy atom. The Labute approximate surface area is 127 Å². The van der Waals surface area contributed by atoms with Gasteiger partial charge in [-0.2, -0.15) is 0 Å².